The van der Waals surface area contributed by atoms with Gasteiger partial charge in [0.05, 0.1) is 11.7 Å². The van der Waals surface area contributed by atoms with Crippen molar-refractivity contribution < 1.29 is 9.47 Å². The van der Waals surface area contributed by atoms with E-state index in [2.05, 4.69) is 12.3 Å². The van der Waals surface area contributed by atoms with Crippen molar-refractivity contribution in [3.05, 3.63) is 0 Å². The van der Waals surface area contributed by atoms with Crippen molar-refractivity contribution in [3.8, 4) is 0 Å². The zero-order chi connectivity index (χ0) is 12.1. The van der Waals surface area contributed by atoms with Crippen molar-refractivity contribution in [3.63, 3.8) is 0 Å². The number of nitrogens with one attached hydrogen (secondary N) is 1. The molecule has 0 radical (unpaired) electrons. The van der Waals surface area contributed by atoms with Gasteiger partial charge in [-0.05, 0) is 51.9 Å². The van der Waals surface area contributed by atoms with Crippen molar-refractivity contribution in [2.24, 2.45) is 5.84 Å². The largest absolute Gasteiger partial charge is 0.378 e. The third-order valence-corrected chi connectivity index (χ3v) is 4.24. The zero-order valence-corrected chi connectivity index (χ0v) is 10.9. The van der Waals surface area contributed by atoms with Crippen LogP contribution in [-0.2, 0) is 9.47 Å². The van der Waals surface area contributed by atoms with Gasteiger partial charge in [0, 0.05) is 19.3 Å². The van der Waals surface area contributed by atoms with Gasteiger partial charge in [0.2, 0.25) is 0 Å². The van der Waals surface area contributed by atoms with E-state index in [1.807, 2.05) is 0 Å². The van der Waals surface area contributed by atoms with Crippen LogP contribution in [0.1, 0.15) is 51.9 Å². The number of nitrogens with two attached hydrogens (primary N) is 1. The summed E-state index contributed by atoms with van der Waals surface area (Å²) in [5, 5.41) is 0. The molecule has 2 rings (SSSR count). The van der Waals surface area contributed by atoms with Crippen LogP contribution in [0.15, 0.2) is 0 Å². The first-order valence-electron chi connectivity index (χ1n) is 6.96. The molecule has 17 heavy (non-hydrogen) atoms. The maximum Gasteiger partial charge on any atom is 0.0820 e. The molecule has 4 heteroatoms. The Kier molecular flexibility index (Phi) is 4.79. The summed E-state index contributed by atoms with van der Waals surface area (Å²) in [5.74, 6) is 5.70. The van der Waals surface area contributed by atoms with Gasteiger partial charge in [0.1, 0.15) is 0 Å². The standard InChI is InChI=1S/C13H26N2O2/c1-13(8-2-3-10-17-13)12(15-14)7-6-11-5-4-9-16-11/h11-12,15H,2-10,14H2,1H3. The van der Waals surface area contributed by atoms with Crippen LogP contribution in [0.2, 0.25) is 0 Å². The lowest BCUT2D eigenvalue weighted by atomic mass is 9.85. The summed E-state index contributed by atoms with van der Waals surface area (Å²) >= 11 is 0. The molecule has 100 valence electrons. The van der Waals surface area contributed by atoms with Gasteiger partial charge in [0.15, 0.2) is 0 Å². The summed E-state index contributed by atoms with van der Waals surface area (Å²) in [4.78, 5) is 0. The second kappa shape index (κ2) is 6.14. The smallest absolute Gasteiger partial charge is 0.0820 e. The van der Waals surface area contributed by atoms with Gasteiger partial charge in [-0.1, -0.05) is 0 Å². The maximum atomic E-state index is 5.95. The number of hydrazine groups is 1. The van der Waals surface area contributed by atoms with Crippen molar-refractivity contribution in [1.29, 1.82) is 0 Å². The fourth-order valence-corrected chi connectivity index (χ4v) is 3.02. The number of rotatable bonds is 5. The van der Waals surface area contributed by atoms with Crippen molar-refractivity contribution in [1.82, 2.24) is 5.43 Å². The van der Waals surface area contributed by atoms with E-state index in [1.165, 1.54) is 25.7 Å². The molecule has 0 aromatic rings. The van der Waals surface area contributed by atoms with E-state index in [-0.39, 0.29) is 11.6 Å². The molecule has 0 amide bonds. The molecule has 3 N–H and O–H groups in total. The Morgan fingerprint density at radius 2 is 2.24 bits per heavy atom. The lowest BCUT2D eigenvalue weighted by Crippen LogP contribution is -2.54. The van der Waals surface area contributed by atoms with E-state index in [0.29, 0.717) is 6.10 Å². The Morgan fingerprint density at radius 3 is 2.82 bits per heavy atom. The molecule has 2 saturated heterocycles. The molecule has 4 nitrogen and oxygen atoms in total. The quantitative estimate of drug-likeness (QED) is 0.569. The molecule has 2 fully saturated rings. The molecular formula is C13H26N2O2. The predicted molar refractivity (Wildman–Crippen MR) is 67.5 cm³/mol. The third-order valence-electron chi connectivity index (χ3n) is 4.24. The minimum Gasteiger partial charge on any atom is -0.378 e. The van der Waals surface area contributed by atoms with E-state index in [0.717, 1.165) is 32.5 Å². The molecule has 2 heterocycles. The van der Waals surface area contributed by atoms with E-state index in [9.17, 15) is 0 Å². The highest BCUT2D eigenvalue weighted by atomic mass is 16.5. The van der Waals surface area contributed by atoms with E-state index in [4.69, 9.17) is 15.3 Å². The molecule has 2 aliphatic rings. The third kappa shape index (κ3) is 3.41. The van der Waals surface area contributed by atoms with Crippen LogP contribution >= 0.6 is 0 Å². The van der Waals surface area contributed by atoms with Crippen molar-refractivity contribution >= 4 is 0 Å². The zero-order valence-electron chi connectivity index (χ0n) is 10.9. The van der Waals surface area contributed by atoms with E-state index in [1.54, 1.807) is 0 Å². The molecular weight excluding hydrogens is 216 g/mol. The van der Waals surface area contributed by atoms with Crippen LogP contribution in [-0.4, -0.2) is 31.0 Å². The van der Waals surface area contributed by atoms with Crippen molar-refractivity contribution in [2.75, 3.05) is 13.2 Å². The molecule has 3 unspecified atom stereocenters. The Hall–Kier alpha value is -0.160. The number of ether oxygens (including phenoxy) is 2. The number of hydrogen-bond donors (Lipinski definition) is 2. The monoisotopic (exact) mass is 242 g/mol. The van der Waals surface area contributed by atoms with Gasteiger partial charge in [0.25, 0.3) is 0 Å². The highest BCUT2D eigenvalue weighted by Crippen LogP contribution is 2.30. The van der Waals surface area contributed by atoms with Gasteiger partial charge in [-0.15, -0.1) is 0 Å². The molecule has 0 spiro atoms. The highest BCUT2D eigenvalue weighted by Gasteiger charge is 2.36. The van der Waals surface area contributed by atoms with Crippen LogP contribution in [0.5, 0.6) is 0 Å². The minimum absolute atomic E-state index is 0.0917. The Bertz CT molecular complexity index is 223. The van der Waals surface area contributed by atoms with Gasteiger partial charge in [-0.3, -0.25) is 11.3 Å². The van der Waals surface area contributed by atoms with Gasteiger partial charge in [-0.25, -0.2) is 0 Å². The molecule has 0 aromatic carbocycles. The van der Waals surface area contributed by atoms with E-state index >= 15 is 0 Å². The van der Waals surface area contributed by atoms with Crippen molar-refractivity contribution in [2.45, 2.75) is 69.6 Å². The summed E-state index contributed by atoms with van der Waals surface area (Å²) in [6.07, 6.45) is 8.51. The Morgan fingerprint density at radius 1 is 1.35 bits per heavy atom. The average molecular weight is 242 g/mol. The minimum atomic E-state index is -0.0917. The molecule has 2 aliphatic heterocycles. The molecule has 0 saturated carbocycles. The summed E-state index contributed by atoms with van der Waals surface area (Å²) in [6.45, 7) is 3.99. The molecule has 0 aromatic heterocycles. The Labute approximate surface area is 104 Å². The first-order chi connectivity index (χ1) is 8.24. The SMILES string of the molecule is CC1(C(CCC2CCCO2)NN)CCCCO1. The second-order valence-corrected chi connectivity index (χ2v) is 5.55. The summed E-state index contributed by atoms with van der Waals surface area (Å²) in [7, 11) is 0. The second-order valence-electron chi connectivity index (χ2n) is 5.55. The van der Waals surface area contributed by atoms with Gasteiger partial charge in [-0.2, -0.15) is 0 Å². The summed E-state index contributed by atoms with van der Waals surface area (Å²) in [6, 6.07) is 0.243. The van der Waals surface area contributed by atoms with Gasteiger partial charge < -0.3 is 9.47 Å². The van der Waals surface area contributed by atoms with Crippen LogP contribution < -0.4 is 11.3 Å². The molecule has 0 aliphatic carbocycles. The topological polar surface area (TPSA) is 56.5 Å². The lowest BCUT2D eigenvalue weighted by molar-refractivity contribution is -0.0919. The fourth-order valence-electron chi connectivity index (χ4n) is 3.02. The lowest BCUT2D eigenvalue weighted by Gasteiger charge is -2.40. The Balaban J connectivity index is 1.81. The van der Waals surface area contributed by atoms with E-state index < -0.39 is 0 Å². The summed E-state index contributed by atoms with van der Waals surface area (Å²) < 4.78 is 11.6. The first kappa shape index (κ1) is 13.3. The fraction of sp³-hybridized carbons (Fsp3) is 1.00. The van der Waals surface area contributed by atoms with Crippen LogP contribution in [0, 0.1) is 0 Å². The van der Waals surface area contributed by atoms with Crippen LogP contribution in [0.4, 0.5) is 0 Å². The molecule has 0 bridgehead atoms. The normalized spacial score (nSPS) is 36.0. The molecule has 3 atom stereocenters. The maximum absolute atomic E-state index is 5.95. The van der Waals surface area contributed by atoms with Gasteiger partial charge >= 0.3 is 0 Å². The highest BCUT2D eigenvalue weighted by molar-refractivity contribution is 4.91. The average Bonchev–Trinajstić information content (AvgIpc) is 2.83. The predicted octanol–water partition coefficient (Wildman–Crippen LogP) is 1.74. The summed E-state index contributed by atoms with van der Waals surface area (Å²) in [5.41, 5.74) is 2.86. The van der Waals surface area contributed by atoms with Crippen LogP contribution in [0.25, 0.3) is 0 Å². The first-order valence-corrected chi connectivity index (χ1v) is 6.96. The van der Waals surface area contributed by atoms with Crippen LogP contribution in [0.3, 0.4) is 0 Å². The number of hydrogen-bond acceptors (Lipinski definition) is 4.